The zero-order valence-electron chi connectivity index (χ0n) is 12.4. The first-order valence-corrected chi connectivity index (χ1v) is 8.35. The van der Waals surface area contributed by atoms with Crippen LogP contribution in [0.1, 0.15) is 43.6 Å². The van der Waals surface area contributed by atoms with Gasteiger partial charge in [0.1, 0.15) is 0 Å². The van der Waals surface area contributed by atoms with Gasteiger partial charge in [-0.25, -0.2) is 0 Å². The van der Waals surface area contributed by atoms with E-state index >= 15 is 0 Å². The van der Waals surface area contributed by atoms with E-state index in [9.17, 15) is 0 Å². The maximum Gasteiger partial charge on any atom is 0.0143 e. The third-order valence-electron chi connectivity index (χ3n) is 5.68. The van der Waals surface area contributed by atoms with Gasteiger partial charge < -0.3 is 10.2 Å². The van der Waals surface area contributed by atoms with E-state index in [0.29, 0.717) is 5.41 Å². The molecule has 20 heavy (non-hydrogen) atoms. The predicted molar refractivity (Wildman–Crippen MR) is 82.9 cm³/mol. The molecule has 2 nitrogen and oxygen atoms in total. The Bertz CT molecular complexity index is 448. The number of hydrogen-bond donors (Lipinski definition) is 1. The van der Waals surface area contributed by atoms with Crippen molar-refractivity contribution in [1.82, 2.24) is 10.2 Å². The fraction of sp³-hybridized carbons (Fsp3) is 0.667. The lowest BCUT2D eigenvalue weighted by Crippen LogP contribution is -2.52. The molecule has 0 radical (unpaired) electrons. The minimum absolute atomic E-state index is 0.615. The van der Waals surface area contributed by atoms with Crippen LogP contribution in [0, 0.1) is 5.41 Å². The van der Waals surface area contributed by atoms with Gasteiger partial charge in [-0.15, -0.1) is 0 Å². The topological polar surface area (TPSA) is 15.3 Å². The SMILES string of the molecule is c1ccc(C2CC2NCC2(CN3CCC3)CCC2)cc1. The van der Waals surface area contributed by atoms with Gasteiger partial charge in [0.25, 0.3) is 0 Å². The monoisotopic (exact) mass is 270 g/mol. The van der Waals surface area contributed by atoms with Gasteiger partial charge in [0.2, 0.25) is 0 Å². The molecule has 0 spiro atoms. The van der Waals surface area contributed by atoms with Gasteiger partial charge in [0, 0.05) is 25.0 Å². The minimum atomic E-state index is 0.615. The Morgan fingerprint density at radius 2 is 1.90 bits per heavy atom. The number of nitrogens with zero attached hydrogens (tertiary/aromatic N) is 1. The molecule has 0 bridgehead atoms. The van der Waals surface area contributed by atoms with Crippen LogP contribution >= 0.6 is 0 Å². The Balaban J connectivity index is 1.28. The Kier molecular flexibility index (Phi) is 3.31. The second-order valence-electron chi connectivity index (χ2n) is 7.22. The summed E-state index contributed by atoms with van der Waals surface area (Å²) < 4.78 is 0. The van der Waals surface area contributed by atoms with E-state index in [2.05, 4.69) is 40.5 Å². The van der Waals surface area contributed by atoms with Gasteiger partial charge in [0.15, 0.2) is 0 Å². The van der Waals surface area contributed by atoms with E-state index in [-0.39, 0.29) is 0 Å². The van der Waals surface area contributed by atoms with Gasteiger partial charge in [-0.3, -0.25) is 0 Å². The molecule has 1 saturated heterocycles. The highest BCUT2D eigenvalue weighted by Gasteiger charge is 2.43. The quantitative estimate of drug-likeness (QED) is 0.855. The van der Waals surface area contributed by atoms with Crippen LogP contribution < -0.4 is 5.32 Å². The van der Waals surface area contributed by atoms with Crippen LogP contribution in [0.25, 0.3) is 0 Å². The lowest BCUT2D eigenvalue weighted by Gasteiger charge is -2.48. The average Bonchev–Trinajstić information content (AvgIpc) is 3.16. The molecule has 2 unspecified atom stereocenters. The molecule has 0 aromatic heterocycles. The largest absolute Gasteiger partial charge is 0.313 e. The van der Waals surface area contributed by atoms with Crippen molar-refractivity contribution in [1.29, 1.82) is 0 Å². The molecule has 1 aromatic carbocycles. The van der Waals surface area contributed by atoms with E-state index in [4.69, 9.17) is 0 Å². The number of benzene rings is 1. The second-order valence-corrected chi connectivity index (χ2v) is 7.22. The summed E-state index contributed by atoms with van der Waals surface area (Å²) in [5, 5.41) is 3.87. The lowest BCUT2D eigenvalue weighted by molar-refractivity contribution is 0.0368. The minimum Gasteiger partial charge on any atom is -0.313 e. The van der Waals surface area contributed by atoms with Crippen molar-refractivity contribution in [2.24, 2.45) is 5.41 Å². The zero-order chi connectivity index (χ0) is 13.4. The highest BCUT2D eigenvalue weighted by Crippen LogP contribution is 2.45. The molecule has 0 amide bonds. The molecule has 2 aliphatic carbocycles. The van der Waals surface area contributed by atoms with Gasteiger partial charge in [-0.2, -0.15) is 0 Å². The predicted octanol–water partition coefficient (Wildman–Crippen LogP) is 3.01. The second kappa shape index (κ2) is 5.16. The van der Waals surface area contributed by atoms with Crippen LogP contribution in [0.15, 0.2) is 30.3 Å². The van der Waals surface area contributed by atoms with Crippen LogP contribution in [0.4, 0.5) is 0 Å². The first kappa shape index (κ1) is 12.8. The van der Waals surface area contributed by atoms with Crippen LogP contribution in [0.2, 0.25) is 0 Å². The Labute approximate surface area is 122 Å². The fourth-order valence-corrected chi connectivity index (χ4v) is 3.92. The summed E-state index contributed by atoms with van der Waals surface area (Å²) in [4.78, 5) is 2.66. The molecular weight excluding hydrogens is 244 g/mol. The number of rotatable bonds is 6. The van der Waals surface area contributed by atoms with Crippen LogP contribution in [-0.4, -0.2) is 37.1 Å². The molecule has 1 heterocycles. The summed E-state index contributed by atoms with van der Waals surface area (Å²) in [5.41, 5.74) is 2.14. The molecule has 1 aromatic rings. The van der Waals surface area contributed by atoms with Gasteiger partial charge in [-0.05, 0) is 49.8 Å². The molecule has 3 fully saturated rings. The van der Waals surface area contributed by atoms with Crippen molar-refractivity contribution in [2.75, 3.05) is 26.2 Å². The van der Waals surface area contributed by atoms with Crippen molar-refractivity contribution in [3.8, 4) is 0 Å². The van der Waals surface area contributed by atoms with Gasteiger partial charge >= 0.3 is 0 Å². The van der Waals surface area contributed by atoms with E-state index < -0.39 is 0 Å². The van der Waals surface area contributed by atoms with Crippen molar-refractivity contribution in [3.63, 3.8) is 0 Å². The molecule has 1 aliphatic heterocycles. The lowest BCUT2D eigenvalue weighted by atomic mass is 9.68. The summed E-state index contributed by atoms with van der Waals surface area (Å²) >= 11 is 0. The summed E-state index contributed by atoms with van der Waals surface area (Å²) in [6.07, 6.45) is 7.09. The van der Waals surface area contributed by atoms with E-state index in [0.717, 1.165) is 12.0 Å². The first-order chi connectivity index (χ1) is 9.85. The Hall–Kier alpha value is -0.860. The molecular formula is C18H26N2. The number of hydrogen-bond acceptors (Lipinski definition) is 2. The zero-order valence-corrected chi connectivity index (χ0v) is 12.4. The molecule has 2 atom stereocenters. The summed E-state index contributed by atoms with van der Waals surface area (Å²) in [6, 6.07) is 11.8. The summed E-state index contributed by atoms with van der Waals surface area (Å²) in [6.45, 7) is 5.29. The highest BCUT2D eigenvalue weighted by atomic mass is 15.2. The molecule has 4 rings (SSSR count). The Morgan fingerprint density at radius 1 is 1.10 bits per heavy atom. The van der Waals surface area contributed by atoms with Gasteiger partial charge in [-0.1, -0.05) is 36.8 Å². The normalized spacial score (nSPS) is 31.4. The fourth-order valence-electron chi connectivity index (χ4n) is 3.92. The number of nitrogens with one attached hydrogen (secondary N) is 1. The van der Waals surface area contributed by atoms with E-state index in [1.165, 1.54) is 63.8 Å². The van der Waals surface area contributed by atoms with Crippen molar-refractivity contribution in [2.45, 2.75) is 44.1 Å². The third kappa shape index (κ3) is 2.51. The van der Waals surface area contributed by atoms with Crippen LogP contribution in [0.5, 0.6) is 0 Å². The third-order valence-corrected chi connectivity index (χ3v) is 5.68. The summed E-state index contributed by atoms with van der Waals surface area (Å²) in [7, 11) is 0. The standard InChI is InChI=1S/C18H26N2/c1-2-6-15(7-3-1)16-12-17(16)19-13-18(8-4-9-18)14-20-10-5-11-20/h1-3,6-7,16-17,19H,4-5,8-14H2. The molecule has 2 heteroatoms. The summed E-state index contributed by atoms with van der Waals surface area (Å²) in [5.74, 6) is 0.775. The van der Waals surface area contributed by atoms with E-state index in [1.807, 2.05) is 0 Å². The smallest absolute Gasteiger partial charge is 0.0143 e. The van der Waals surface area contributed by atoms with Crippen molar-refractivity contribution in [3.05, 3.63) is 35.9 Å². The number of likely N-dealkylation sites (tertiary alicyclic amines) is 1. The molecule has 1 N–H and O–H groups in total. The first-order valence-electron chi connectivity index (χ1n) is 8.35. The average molecular weight is 270 g/mol. The molecule has 108 valence electrons. The van der Waals surface area contributed by atoms with Crippen molar-refractivity contribution >= 4 is 0 Å². The van der Waals surface area contributed by atoms with Crippen molar-refractivity contribution < 1.29 is 0 Å². The maximum absolute atomic E-state index is 3.87. The molecule has 2 saturated carbocycles. The van der Waals surface area contributed by atoms with E-state index in [1.54, 1.807) is 0 Å². The van der Waals surface area contributed by atoms with Crippen LogP contribution in [-0.2, 0) is 0 Å². The maximum atomic E-state index is 3.87. The molecule has 3 aliphatic rings. The van der Waals surface area contributed by atoms with Crippen LogP contribution in [0.3, 0.4) is 0 Å². The van der Waals surface area contributed by atoms with Gasteiger partial charge in [0.05, 0.1) is 0 Å². The highest BCUT2D eigenvalue weighted by molar-refractivity contribution is 5.27. The Morgan fingerprint density at radius 3 is 2.50 bits per heavy atom.